The molecule has 0 bridgehead atoms. The van der Waals surface area contributed by atoms with Gasteiger partial charge in [-0.15, -0.1) is 0 Å². The fourth-order valence-electron chi connectivity index (χ4n) is 2.34. The zero-order chi connectivity index (χ0) is 18.1. The average molecular weight is 340 g/mol. The van der Waals surface area contributed by atoms with E-state index in [9.17, 15) is 9.59 Å². The van der Waals surface area contributed by atoms with Gasteiger partial charge in [-0.25, -0.2) is 0 Å². The normalized spacial score (nSPS) is 10.2. The van der Waals surface area contributed by atoms with Crippen molar-refractivity contribution in [2.75, 3.05) is 19.0 Å². The SMILES string of the molecule is CCc1cccc(OCC(=O)Nc2ccc(CCC(=O)NC)cc2)c1. The van der Waals surface area contributed by atoms with Crippen molar-refractivity contribution in [2.45, 2.75) is 26.2 Å². The summed E-state index contributed by atoms with van der Waals surface area (Å²) in [6, 6.07) is 15.2. The molecule has 2 amide bonds. The van der Waals surface area contributed by atoms with E-state index < -0.39 is 0 Å². The molecule has 0 fully saturated rings. The van der Waals surface area contributed by atoms with Crippen LogP contribution in [0, 0.1) is 0 Å². The topological polar surface area (TPSA) is 67.4 Å². The highest BCUT2D eigenvalue weighted by molar-refractivity contribution is 5.91. The van der Waals surface area contributed by atoms with E-state index in [2.05, 4.69) is 17.6 Å². The third-order valence-corrected chi connectivity index (χ3v) is 3.83. The van der Waals surface area contributed by atoms with Gasteiger partial charge in [-0.05, 0) is 48.2 Å². The van der Waals surface area contributed by atoms with Gasteiger partial charge in [0.05, 0.1) is 0 Å². The van der Waals surface area contributed by atoms with Gasteiger partial charge < -0.3 is 15.4 Å². The number of carbonyl (C=O) groups excluding carboxylic acids is 2. The summed E-state index contributed by atoms with van der Waals surface area (Å²) < 4.78 is 5.53. The molecule has 0 aliphatic rings. The Balaban J connectivity index is 1.80. The number of anilines is 1. The lowest BCUT2D eigenvalue weighted by atomic mass is 10.1. The molecule has 0 unspecified atom stereocenters. The molecule has 25 heavy (non-hydrogen) atoms. The van der Waals surface area contributed by atoms with Gasteiger partial charge in [0.1, 0.15) is 5.75 Å². The number of carbonyl (C=O) groups is 2. The summed E-state index contributed by atoms with van der Waals surface area (Å²) in [6.07, 6.45) is 2.05. The van der Waals surface area contributed by atoms with Crippen molar-refractivity contribution in [1.82, 2.24) is 5.32 Å². The lowest BCUT2D eigenvalue weighted by molar-refractivity contribution is -0.120. The van der Waals surface area contributed by atoms with Gasteiger partial charge >= 0.3 is 0 Å². The Kier molecular flexibility index (Phi) is 7.01. The van der Waals surface area contributed by atoms with Crippen LogP contribution >= 0.6 is 0 Å². The molecule has 0 saturated carbocycles. The molecule has 0 aliphatic heterocycles. The van der Waals surface area contributed by atoms with Gasteiger partial charge in [-0.1, -0.05) is 31.2 Å². The van der Waals surface area contributed by atoms with Gasteiger partial charge in [0.25, 0.3) is 5.91 Å². The van der Waals surface area contributed by atoms with Gasteiger partial charge in [0.2, 0.25) is 5.91 Å². The van der Waals surface area contributed by atoms with E-state index in [0.29, 0.717) is 24.3 Å². The molecule has 2 aromatic carbocycles. The third kappa shape index (κ3) is 6.30. The first kappa shape index (κ1) is 18.5. The van der Waals surface area contributed by atoms with Crippen molar-refractivity contribution >= 4 is 17.5 Å². The fourth-order valence-corrected chi connectivity index (χ4v) is 2.34. The molecule has 0 atom stereocenters. The Morgan fingerprint density at radius 3 is 2.44 bits per heavy atom. The van der Waals surface area contributed by atoms with Gasteiger partial charge in [0, 0.05) is 19.2 Å². The minimum Gasteiger partial charge on any atom is -0.484 e. The summed E-state index contributed by atoms with van der Waals surface area (Å²) in [5.41, 5.74) is 2.93. The molecule has 0 aliphatic carbocycles. The number of hydrogen-bond donors (Lipinski definition) is 2. The first-order valence-corrected chi connectivity index (χ1v) is 8.42. The van der Waals surface area contributed by atoms with Crippen molar-refractivity contribution in [3.63, 3.8) is 0 Å². The Hall–Kier alpha value is -2.82. The average Bonchev–Trinajstić information content (AvgIpc) is 2.65. The van der Waals surface area contributed by atoms with E-state index >= 15 is 0 Å². The summed E-state index contributed by atoms with van der Waals surface area (Å²) >= 11 is 0. The highest BCUT2D eigenvalue weighted by Gasteiger charge is 2.05. The van der Waals surface area contributed by atoms with Crippen LogP contribution in [0.15, 0.2) is 48.5 Å². The number of nitrogens with one attached hydrogen (secondary N) is 2. The zero-order valence-electron chi connectivity index (χ0n) is 14.7. The van der Waals surface area contributed by atoms with Crippen molar-refractivity contribution in [2.24, 2.45) is 0 Å². The largest absolute Gasteiger partial charge is 0.484 e. The maximum atomic E-state index is 12.0. The number of ether oxygens (including phenoxy) is 1. The number of rotatable bonds is 8. The third-order valence-electron chi connectivity index (χ3n) is 3.83. The summed E-state index contributed by atoms with van der Waals surface area (Å²) in [5.74, 6) is 0.501. The highest BCUT2D eigenvalue weighted by Crippen LogP contribution is 2.14. The lowest BCUT2D eigenvalue weighted by Gasteiger charge is -2.09. The van der Waals surface area contributed by atoms with Gasteiger partial charge in [-0.3, -0.25) is 9.59 Å². The molecule has 2 aromatic rings. The number of aryl methyl sites for hydroxylation is 2. The molecule has 0 radical (unpaired) electrons. The van der Waals surface area contributed by atoms with Crippen LogP contribution in [-0.2, 0) is 22.4 Å². The molecule has 2 N–H and O–H groups in total. The Morgan fingerprint density at radius 2 is 1.76 bits per heavy atom. The minimum atomic E-state index is -0.208. The molecule has 5 nitrogen and oxygen atoms in total. The fraction of sp³-hybridized carbons (Fsp3) is 0.300. The van der Waals surface area contributed by atoms with Crippen LogP contribution in [0.5, 0.6) is 5.75 Å². The van der Waals surface area contributed by atoms with Crippen molar-refractivity contribution in [3.05, 3.63) is 59.7 Å². The van der Waals surface area contributed by atoms with E-state index in [1.807, 2.05) is 48.5 Å². The van der Waals surface area contributed by atoms with E-state index in [1.165, 1.54) is 5.56 Å². The second kappa shape index (κ2) is 9.47. The van der Waals surface area contributed by atoms with Crippen molar-refractivity contribution in [1.29, 1.82) is 0 Å². The second-order valence-corrected chi connectivity index (χ2v) is 5.71. The standard InChI is InChI=1S/C20H24N2O3/c1-3-15-5-4-6-18(13-15)25-14-20(24)22-17-10-7-16(8-11-17)9-12-19(23)21-2/h4-8,10-11,13H,3,9,12,14H2,1-2H3,(H,21,23)(H,22,24). The maximum absolute atomic E-state index is 12.0. The quantitative estimate of drug-likeness (QED) is 0.776. The predicted molar refractivity (Wildman–Crippen MR) is 98.8 cm³/mol. The predicted octanol–water partition coefficient (Wildman–Crippen LogP) is 2.95. The van der Waals surface area contributed by atoms with Crippen molar-refractivity contribution < 1.29 is 14.3 Å². The van der Waals surface area contributed by atoms with Gasteiger partial charge in [-0.2, -0.15) is 0 Å². The molecule has 2 rings (SSSR count). The summed E-state index contributed by atoms with van der Waals surface area (Å²) in [6.45, 7) is 2.04. The van der Waals surface area contributed by atoms with Crippen LogP contribution in [0.4, 0.5) is 5.69 Å². The highest BCUT2D eigenvalue weighted by atomic mass is 16.5. The molecule has 0 spiro atoms. The van der Waals surface area contributed by atoms with Crippen LogP contribution in [0.3, 0.4) is 0 Å². The Labute approximate surface area is 148 Å². The summed E-state index contributed by atoms with van der Waals surface area (Å²) in [4.78, 5) is 23.2. The maximum Gasteiger partial charge on any atom is 0.262 e. The second-order valence-electron chi connectivity index (χ2n) is 5.71. The summed E-state index contributed by atoms with van der Waals surface area (Å²) in [5, 5.41) is 5.40. The van der Waals surface area contributed by atoms with E-state index in [-0.39, 0.29) is 18.4 Å². The molecule has 0 aromatic heterocycles. The van der Waals surface area contributed by atoms with E-state index in [4.69, 9.17) is 4.74 Å². The monoisotopic (exact) mass is 340 g/mol. The molecule has 5 heteroatoms. The van der Waals surface area contributed by atoms with Crippen LogP contribution < -0.4 is 15.4 Å². The smallest absolute Gasteiger partial charge is 0.262 e. The Morgan fingerprint density at radius 1 is 1.00 bits per heavy atom. The molecular weight excluding hydrogens is 316 g/mol. The number of benzene rings is 2. The first-order valence-electron chi connectivity index (χ1n) is 8.42. The number of amides is 2. The van der Waals surface area contributed by atoms with Gasteiger partial charge in [0.15, 0.2) is 6.61 Å². The van der Waals surface area contributed by atoms with Crippen LogP contribution in [0.25, 0.3) is 0 Å². The van der Waals surface area contributed by atoms with E-state index in [0.717, 1.165) is 12.0 Å². The molecule has 0 heterocycles. The van der Waals surface area contributed by atoms with Crippen LogP contribution in [0.1, 0.15) is 24.5 Å². The zero-order valence-corrected chi connectivity index (χ0v) is 14.7. The number of hydrogen-bond acceptors (Lipinski definition) is 3. The van der Waals surface area contributed by atoms with E-state index in [1.54, 1.807) is 7.05 Å². The van der Waals surface area contributed by atoms with Crippen LogP contribution in [0.2, 0.25) is 0 Å². The summed E-state index contributed by atoms with van der Waals surface area (Å²) in [7, 11) is 1.63. The lowest BCUT2D eigenvalue weighted by Crippen LogP contribution is -2.20. The van der Waals surface area contributed by atoms with Crippen molar-refractivity contribution in [3.8, 4) is 5.75 Å². The molecule has 0 saturated heterocycles. The minimum absolute atomic E-state index is 0.0154. The first-order chi connectivity index (χ1) is 12.1. The molecule has 132 valence electrons. The Bertz CT molecular complexity index is 711. The molecular formula is C20H24N2O3. The van der Waals surface area contributed by atoms with Crippen LogP contribution in [-0.4, -0.2) is 25.5 Å².